The van der Waals surface area contributed by atoms with Crippen molar-refractivity contribution in [3.8, 4) is 22.6 Å². The first-order valence-electron chi connectivity index (χ1n) is 6.82. The molecule has 0 aliphatic heterocycles. The normalized spacial score (nSPS) is 10.8. The summed E-state index contributed by atoms with van der Waals surface area (Å²) < 4.78 is 19.3. The molecule has 2 aromatic carbocycles. The van der Waals surface area contributed by atoms with Crippen LogP contribution in [0.1, 0.15) is 5.56 Å². The third-order valence-electron chi connectivity index (χ3n) is 3.49. The number of aromatic nitrogens is 1. The molecule has 0 saturated carbocycles. The van der Waals surface area contributed by atoms with E-state index in [0.29, 0.717) is 0 Å². The van der Waals surface area contributed by atoms with E-state index in [9.17, 15) is 19.6 Å². The van der Waals surface area contributed by atoms with Gasteiger partial charge in [0.15, 0.2) is 5.76 Å². The van der Waals surface area contributed by atoms with Crippen LogP contribution in [0.2, 0.25) is 5.02 Å². The summed E-state index contributed by atoms with van der Waals surface area (Å²) in [4.78, 5) is 10.6. The van der Waals surface area contributed by atoms with Crippen LogP contribution in [0, 0.1) is 15.9 Å². The van der Waals surface area contributed by atoms with Crippen molar-refractivity contribution in [2.45, 2.75) is 6.61 Å². The minimum atomic E-state index is -0.650. The number of halogens is 2. The topological polar surface area (TPSA) is 89.4 Å². The van der Waals surface area contributed by atoms with E-state index in [0.717, 1.165) is 0 Å². The highest BCUT2D eigenvalue weighted by molar-refractivity contribution is 6.33. The monoisotopic (exact) mass is 348 g/mol. The van der Waals surface area contributed by atoms with Crippen molar-refractivity contribution < 1.29 is 18.9 Å². The SMILES string of the molecule is O=[N+]([O-])c1ccccc1-c1noc(-c2c(F)cccc2Cl)c1CO. The van der Waals surface area contributed by atoms with E-state index in [-0.39, 0.29) is 38.9 Å². The predicted octanol–water partition coefficient (Wildman–Crippen LogP) is 4.20. The van der Waals surface area contributed by atoms with Crippen LogP contribution in [0.3, 0.4) is 0 Å². The zero-order chi connectivity index (χ0) is 17.3. The second kappa shape index (κ2) is 6.38. The molecule has 0 saturated heterocycles. The van der Waals surface area contributed by atoms with Crippen LogP contribution in [-0.4, -0.2) is 15.2 Å². The lowest BCUT2D eigenvalue weighted by molar-refractivity contribution is -0.384. The molecule has 122 valence electrons. The first kappa shape index (κ1) is 16.1. The molecule has 0 aliphatic carbocycles. The molecule has 0 amide bonds. The summed E-state index contributed by atoms with van der Waals surface area (Å²) in [6.45, 7) is -0.551. The summed E-state index contributed by atoms with van der Waals surface area (Å²) in [6.07, 6.45) is 0. The first-order chi connectivity index (χ1) is 11.5. The van der Waals surface area contributed by atoms with Gasteiger partial charge in [-0.1, -0.05) is 35.0 Å². The van der Waals surface area contributed by atoms with E-state index in [4.69, 9.17) is 16.1 Å². The summed E-state index contributed by atoms with van der Waals surface area (Å²) in [7, 11) is 0. The van der Waals surface area contributed by atoms with Crippen LogP contribution >= 0.6 is 11.6 Å². The number of nitro benzene ring substituents is 1. The van der Waals surface area contributed by atoms with Gasteiger partial charge in [-0.3, -0.25) is 10.1 Å². The number of hydrogen-bond donors (Lipinski definition) is 1. The largest absolute Gasteiger partial charge is 0.391 e. The zero-order valence-corrected chi connectivity index (χ0v) is 12.8. The van der Waals surface area contributed by atoms with Gasteiger partial charge in [0.05, 0.1) is 33.2 Å². The number of hydrogen-bond acceptors (Lipinski definition) is 5. The zero-order valence-electron chi connectivity index (χ0n) is 12.1. The van der Waals surface area contributed by atoms with Crippen molar-refractivity contribution in [2.75, 3.05) is 0 Å². The summed E-state index contributed by atoms with van der Waals surface area (Å²) in [5.41, 5.74) is 0.0941. The van der Waals surface area contributed by atoms with Gasteiger partial charge < -0.3 is 9.63 Å². The molecule has 0 unspecified atom stereocenters. The summed E-state index contributed by atoms with van der Waals surface area (Å²) in [6, 6.07) is 9.97. The smallest absolute Gasteiger partial charge is 0.278 e. The Labute approximate surface area is 140 Å². The molecule has 1 aromatic heterocycles. The lowest BCUT2D eigenvalue weighted by Crippen LogP contribution is -1.95. The Kier molecular flexibility index (Phi) is 4.28. The fourth-order valence-corrected chi connectivity index (χ4v) is 2.66. The third kappa shape index (κ3) is 2.64. The number of rotatable bonds is 4. The minimum Gasteiger partial charge on any atom is -0.391 e. The van der Waals surface area contributed by atoms with E-state index in [1.54, 1.807) is 6.07 Å². The molecule has 24 heavy (non-hydrogen) atoms. The van der Waals surface area contributed by atoms with Crippen molar-refractivity contribution in [2.24, 2.45) is 0 Å². The number of para-hydroxylation sites is 1. The van der Waals surface area contributed by atoms with Gasteiger partial charge in [0, 0.05) is 6.07 Å². The van der Waals surface area contributed by atoms with Gasteiger partial charge in [-0.25, -0.2) is 4.39 Å². The average Bonchev–Trinajstić information content (AvgIpc) is 2.98. The van der Waals surface area contributed by atoms with Crippen LogP contribution in [0.25, 0.3) is 22.6 Å². The Morgan fingerprint density at radius 1 is 1.25 bits per heavy atom. The van der Waals surface area contributed by atoms with Crippen molar-refractivity contribution >= 4 is 17.3 Å². The molecular formula is C16H10ClFN2O4. The van der Waals surface area contributed by atoms with Crippen LogP contribution in [0.15, 0.2) is 47.0 Å². The van der Waals surface area contributed by atoms with Crippen molar-refractivity contribution in [3.63, 3.8) is 0 Å². The molecule has 6 nitrogen and oxygen atoms in total. The van der Waals surface area contributed by atoms with Gasteiger partial charge >= 0.3 is 0 Å². The van der Waals surface area contributed by atoms with Gasteiger partial charge in [0.25, 0.3) is 5.69 Å². The van der Waals surface area contributed by atoms with Gasteiger partial charge in [0.1, 0.15) is 11.5 Å². The highest BCUT2D eigenvalue weighted by Crippen LogP contribution is 2.39. The van der Waals surface area contributed by atoms with E-state index in [1.165, 1.54) is 36.4 Å². The van der Waals surface area contributed by atoms with Gasteiger partial charge in [0.2, 0.25) is 0 Å². The summed E-state index contributed by atoms with van der Waals surface area (Å²) in [5.74, 6) is -0.712. The Balaban J connectivity index is 2.25. The van der Waals surface area contributed by atoms with Crippen molar-refractivity contribution in [1.29, 1.82) is 0 Å². The molecule has 0 bridgehead atoms. The lowest BCUT2D eigenvalue weighted by Gasteiger charge is -2.05. The molecule has 0 aliphatic rings. The molecule has 1 N–H and O–H groups in total. The van der Waals surface area contributed by atoms with Crippen molar-refractivity contribution in [3.05, 3.63) is 69.0 Å². The first-order valence-corrected chi connectivity index (χ1v) is 7.20. The number of aliphatic hydroxyl groups excluding tert-OH is 1. The highest BCUT2D eigenvalue weighted by Gasteiger charge is 2.26. The van der Waals surface area contributed by atoms with Crippen LogP contribution in [-0.2, 0) is 6.61 Å². The fourth-order valence-electron chi connectivity index (χ4n) is 2.41. The maximum atomic E-state index is 14.1. The van der Waals surface area contributed by atoms with E-state index < -0.39 is 17.3 Å². The van der Waals surface area contributed by atoms with Crippen molar-refractivity contribution in [1.82, 2.24) is 5.16 Å². The number of nitro groups is 1. The molecule has 0 radical (unpaired) electrons. The fraction of sp³-hybridized carbons (Fsp3) is 0.0625. The highest BCUT2D eigenvalue weighted by atomic mass is 35.5. The Morgan fingerprint density at radius 2 is 2.00 bits per heavy atom. The number of benzene rings is 2. The second-order valence-electron chi connectivity index (χ2n) is 4.87. The van der Waals surface area contributed by atoms with Crippen LogP contribution in [0.5, 0.6) is 0 Å². The number of aliphatic hydroxyl groups is 1. The Morgan fingerprint density at radius 3 is 2.67 bits per heavy atom. The maximum Gasteiger partial charge on any atom is 0.278 e. The molecule has 8 heteroatoms. The molecule has 0 atom stereocenters. The summed E-state index contributed by atoms with van der Waals surface area (Å²) >= 11 is 6.01. The Hall–Kier alpha value is -2.77. The minimum absolute atomic E-state index is 0.0550. The lowest BCUT2D eigenvalue weighted by atomic mass is 10.0. The van der Waals surface area contributed by atoms with Crippen LogP contribution in [0.4, 0.5) is 10.1 Å². The van der Waals surface area contributed by atoms with Gasteiger partial charge in [-0.15, -0.1) is 0 Å². The average molecular weight is 349 g/mol. The standard InChI is InChI=1S/C16H10ClFN2O4/c17-11-5-3-6-12(18)14(11)16-10(8-21)15(19-24-16)9-4-1-2-7-13(9)20(22)23/h1-7,21H,8H2. The molecule has 3 aromatic rings. The maximum absolute atomic E-state index is 14.1. The Bertz CT molecular complexity index is 906. The molecular weight excluding hydrogens is 339 g/mol. The molecule has 0 fully saturated rings. The van der Waals surface area contributed by atoms with E-state index in [1.807, 2.05) is 0 Å². The van der Waals surface area contributed by atoms with E-state index in [2.05, 4.69) is 5.16 Å². The number of nitrogens with zero attached hydrogens (tertiary/aromatic N) is 2. The molecule has 0 spiro atoms. The summed E-state index contributed by atoms with van der Waals surface area (Å²) in [5, 5.41) is 24.7. The van der Waals surface area contributed by atoms with Crippen LogP contribution < -0.4 is 0 Å². The third-order valence-corrected chi connectivity index (χ3v) is 3.81. The second-order valence-corrected chi connectivity index (χ2v) is 5.28. The molecule has 1 heterocycles. The van der Waals surface area contributed by atoms with Gasteiger partial charge in [-0.05, 0) is 18.2 Å². The predicted molar refractivity (Wildman–Crippen MR) is 84.9 cm³/mol. The van der Waals surface area contributed by atoms with Gasteiger partial charge in [-0.2, -0.15) is 0 Å². The molecule has 3 rings (SSSR count). The van der Waals surface area contributed by atoms with E-state index >= 15 is 0 Å². The quantitative estimate of drug-likeness (QED) is 0.563.